The predicted octanol–water partition coefficient (Wildman–Crippen LogP) is 3.14. The third kappa shape index (κ3) is 3.14. The van der Waals surface area contributed by atoms with Crippen molar-refractivity contribution in [3.05, 3.63) is 70.8 Å². The Labute approximate surface area is 126 Å². The molecule has 0 bridgehead atoms. The molecule has 1 amide bonds. The summed E-state index contributed by atoms with van der Waals surface area (Å²) in [7, 11) is 0. The Hall–Kier alpha value is -2.53. The van der Waals surface area contributed by atoms with Gasteiger partial charge in [0, 0.05) is 29.9 Å². The summed E-state index contributed by atoms with van der Waals surface area (Å²) >= 11 is 1.63. The van der Waals surface area contributed by atoms with E-state index >= 15 is 0 Å². The van der Waals surface area contributed by atoms with Gasteiger partial charge >= 0.3 is 0 Å². The van der Waals surface area contributed by atoms with Crippen LogP contribution < -0.4 is 5.32 Å². The molecular formula is C16H13N3OS. The minimum atomic E-state index is -0.185. The van der Waals surface area contributed by atoms with Crippen LogP contribution in [0.2, 0.25) is 0 Å². The van der Waals surface area contributed by atoms with Gasteiger partial charge in [0.05, 0.1) is 5.69 Å². The Balaban J connectivity index is 1.76. The summed E-state index contributed by atoms with van der Waals surface area (Å²) in [4.78, 5) is 20.5. The Morgan fingerprint density at radius 3 is 2.76 bits per heavy atom. The number of hydrogen-bond acceptors (Lipinski definition) is 4. The minimum absolute atomic E-state index is 0.185. The van der Waals surface area contributed by atoms with E-state index < -0.39 is 0 Å². The van der Waals surface area contributed by atoms with Gasteiger partial charge in [0.15, 0.2) is 0 Å². The van der Waals surface area contributed by atoms with Crippen LogP contribution in [0.3, 0.4) is 0 Å². The molecule has 0 fully saturated rings. The van der Waals surface area contributed by atoms with Crippen molar-refractivity contribution >= 4 is 17.2 Å². The molecule has 104 valence electrons. The molecule has 0 aromatic carbocycles. The summed E-state index contributed by atoms with van der Waals surface area (Å²) in [6.45, 7) is 0.425. The van der Waals surface area contributed by atoms with Crippen molar-refractivity contribution < 1.29 is 4.79 Å². The van der Waals surface area contributed by atoms with Crippen LogP contribution in [0.1, 0.15) is 16.1 Å². The highest BCUT2D eigenvalue weighted by molar-refractivity contribution is 7.08. The number of nitrogens with one attached hydrogen (secondary N) is 1. The fourth-order valence-electron chi connectivity index (χ4n) is 2.00. The molecule has 4 nitrogen and oxygen atoms in total. The van der Waals surface area contributed by atoms with Crippen molar-refractivity contribution in [1.82, 2.24) is 15.3 Å². The highest BCUT2D eigenvalue weighted by Crippen LogP contribution is 2.23. The maximum absolute atomic E-state index is 12.0. The van der Waals surface area contributed by atoms with Crippen molar-refractivity contribution in [3.63, 3.8) is 0 Å². The molecule has 0 spiro atoms. The van der Waals surface area contributed by atoms with Gasteiger partial charge in [0.1, 0.15) is 5.69 Å². The van der Waals surface area contributed by atoms with Gasteiger partial charge in [0.25, 0.3) is 5.91 Å². The lowest BCUT2D eigenvalue weighted by molar-refractivity contribution is 0.0946. The van der Waals surface area contributed by atoms with Gasteiger partial charge in [-0.2, -0.15) is 11.3 Å². The largest absolute Gasteiger partial charge is 0.347 e. The quantitative estimate of drug-likeness (QED) is 0.804. The SMILES string of the molecule is O=C(NCc1cccnc1-c1ccsc1)c1ccccn1. The lowest BCUT2D eigenvalue weighted by Crippen LogP contribution is -2.24. The first kappa shape index (κ1) is 13.5. The predicted molar refractivity (Wildman–Crippen MR) is 83.0 cm³/mol. The first-order valence-electron chi connectivity index (χ1n) is 6.50. The van der Waals surface area contributed by atoms with Crippen LogP contribution in [0, 0.1) is 0 Å². The highest BCUT2D eigenvalue weighted by atomic mass is 32.1. The third-order valence-electron chi connectivity index (χ3n) is 3.02. The lowest BCUT2D eigenvalue weighted by atomic mass is 10.1. The van der Waals surface area contributed by atoms with E-state index in [1.54, 1.807) is 41.9 Å². The normalized spacial score (nSPS) is 10.3. The molecular weight excluding hydrogens is 282 g/mol. The van der Waals surface area contributed by atoms with E-state index in [0.29, 0.717) is 12.2 Å². The van der Waals surface area contributed by atoms with Crippen LogP contribution in [0.5, 0.6) is 0 Å². The summed E-state index contributed by atoms with van der Waals surface area (Å²) in [5, 5.41) is 6.94. The number of carbonyl (C=O) groups excluding carboxylic acids is 1. The summed E-state index contributed by atoms with van der Waals surface area (Å²) in [6.07, 6.45) is 3.37. The van der Waals surface area contributed by atoms with Crippen molar-refractivity contribution in [2.24, 2.45) is 0 Å². The number of carbonyl (C=O) groups is 1. The molecule has 0 saturated carbocycles. The number of pyridine rings is 2. The monoisotopic (exact) mass is 295 g/mol. The Kier molecular flexibility index (Phi) is 4.02. The first-order valence-corrected chi connectivity index (χ1v) is 7.44. The standard InChI is InChI=1S/C16H13N3OS/c20-16(14-5-1-2-7-17-14)19-10-12-4-3-8-18-15(12)13-6-9-21-11-13/h1-9,11H,10H2,(H,19,20). The maximum Gasteiger partial charge on any atom is 0.270 e. The van der Waals surface area contributed by atoms with E-state index in [0.717, 1.165) is 16.8 Å². The van der Waals surface area contributed by atoms with E-state index in [9.17, 15) is 4.79 Å². The Morgan fingerprint density at radius 2 is 2.00 bits per heavy atom. The zero-order valence-electron chi connectivity index (χ0n) is 11.2. The topological polar surface area (TPSA) is 54.9 Å². The smallest absolute Gasteiger partial charge is 0.270 e. The van der Waals surface area contributed by atoms with E-state index in [2.05, 4.69) is 15.3 Å². The van der Waals surface area contributed by atoms with Crippen LogP contribution in [0.4, 0.5) is 0 Å². The second-order valence-electron chi connectivity index (χ2n) is 4.42. The van der Waals surface area contributed by atoms with Crippen LogP contribution in [0.15, 0.2) is 59.6 Å². The number of amides is 1. The number of rotatable bonds is 4. The van der Waals surface area contributed by atoms with Crippen LogP contribution >= 0.6 is 11.3 Å². The molecule has 0 aliphatic heterocycles. The molecule has 0 unspecified atom stereocenters. The van der Waals surface area contributed by atoms with Gasteiger partial charge in [-0.15, -0.1) is 0 Å². The molecule has 3 rings (SSSR count). The molecule has 0 saturated heterocycles. The van der Waals surface area contributed by atoms with Crippen LogP contribution in [-0.4, -0.2) is 15.9 Å². The average Bonchev–Trinajstić information content (AvgIpc) is 3.08. The summed E-state index contributed by atoms with van der Waals surface area (Å²) in [6, 6.07) is 11.1. The molecule has 0 aliphatic carbocycles. The second kappa shape index (κ2) is 6.28. The summed E-state index contributed by atoms with van der Waals surface area (Å²) in [5.41, 5.74) is 3.38. The van der Waals surface area contributed by atoms with Crippen molar-refractivity contribution in [2.75, 3.05) is 0 Å². The highest BCUT2D eigenvalue weighted by Gasteiger charge is 2.10. The zero-order valence-corrected chi connectivity index (χ0v) is 12.0. The molecule has 0 radical (unpaired) electrons. The maximum atomic E-state index is 12.0. The molecule has 3 aromatic heterocycles. The molecule has 0 aliphatic rings. The van der Waals surface area contributed by atoms with Gasteiger partial charge in [-0.05, 0) is 35.2 Å². The number of thiophene rings is 1. The Bertz CT molecular complexity index is 726. The zero-order chi connectivity index (χ0) is 14.5. The summed E-state index contributed by atoms with van der Waals surface area (Å²) in [5.74, 6) is -0.185. The average molecular weight is 295 g/mol. The minimum Gasteiger partial charge on any atom is -0.347 e. The summed E-state index contributed by atoms with van der Waals surface area (Å²) < 4.78 is 0. The van der Waals surface area contributed by atoms with E-state index in [1.165, 1.54) is 0 Å². The molecule has 21 heavy (non-hydrogen) atoms. The van der Waals surface area contributed by atoms with Gasteiger partial charge in [0.2, 0.25) is 0 Å². The van der Waals surface area contributed by atoms with Crippen molar-refractivity contribution in [1.29, 1.82) is 0 Å². The third-order valence-corrected chi connectivity index (χ3v) is 3.71. The fraction of sp³-hybridized carbons (Fsp3) is 0.0625. The van der Waals surface area contributed by atoms with Gasteiger partial charge in [-0.25, -0.2) is 0 Å². The van der Waals surface area contributed by atoms with E-state index in [1.807, 2.05) is 29.0 Å². The second-order valence-corrected chi connectivity index (χ2v) is 5.20. The molecule has 5 heteroatoms. The Morgan fingerprint density at radius 1 is 1.10 bits per heavy atom. The van der Waals surface area contributed by atoms with E-state index in [-0.39, 0.29) is 5.91 Å². The molecule has 3 aromatic rings. The number of nitrogens with zero attached hydrogens (tertiary/aromatic N) is 2. The first-order chi connectivity index (χ1) is 10.3. The van der Waals surface area contributed by atoms with Gasteiger partial charge < -0.3 is 5.32 Å². The molecule has 1 N–H and O–H groups in total. The fourth-order valence-corrected chi connectivity index (χ4v) is 2.64. The number of aromatic nitrogens is 2. The van der Waals surface area contributed by atoms with Crippen LogP contribution in [0.25, 0.3) is 11.3 Å². The van der Waals surface area contributed by atoms with Crippen LogP contribution in [-0.2, 0) is 6.54 Å². The lowest BCUT2D eigenvalue weighted by Gasteiger charge is -2.08. The number of hydrogen-bond donors (Lipinski definition) is 1. The van der Waals surface area contributed by atoms with E-state index in [4.69, 9.17) is 0 Å². The van der Waals surface area contributed by atoms with Crippen molar-refractivity contribution in [2.45, 2.75) is 6.54 Å². The van der Waals surface area contributed by atoms with Gasteiger partial charge in [-0.1, -0.05) is 12.1 Å². The molecule has 3 heterocycles. The molecule has 0 atom stereocenters. The van der Waals surface area contributed by atoms with Gasteiger partial charge in [-0.3, -0.25) is 14.8 Å². The van der Waals surface area contributed by atoms with Crippen molar-refractivity contribution in [3.8, 4) is 11.3 Å².